The fourth-order valence-electron chi connectivity index (χ4n) is 1.05. The van der Waals surface area contributed by atoms with Crippen LogP contribution in [0.2, 0.25) is 0 Å². The number of hydrogen-bond acceptors (Lipinski definition) is 5. The Hall–Kier alpha value is -1.14. The summed E-state index contributed by atoms with van der Waals surface area (Å²) >= 11 is 1.10. The third-order valence-corrected chi connectivity index (χ3v) is 3.76. The number of thiazole rings is 1. The van der Waals surface area contributed by atoms with Crippen LogP contribution in [-0.2, 0) is 10.2 Å². The Morgan fingerprint density at radius 1 is 1.50 bits per heavy atom. The predicted octanol–water partition coefficient (Wildman–Crippen LogP) is 0.532. The Kier molecular flexibility index (Phi) is 4.70. The summed E-state index contributed by atoms with van der Waals surface area (Å²) in [5, 5.41) is 8.77. The summed E-state index contributed by atoms with van der Waals surface area (Å²) in [5.41, 5.74) is -0.567. The minimum absolute atomic E-state index is 0.231. The number of hydrogen-bond donors (Lipinski definition) is 3. The maximum atomic E-state index is 11.7. The van der Waals surface area contributed by atoms with E-state index in [4.69, 9.17) is 5.11 Å². The summed E-state index contributed by atoms with van der Waals surface area (Å²) in [5.74, 6) is 5.11. The number of aliphatic hydroxyl groups excluding tert-OH is 1. The molecule has 0 amide bonds. The monoisotopic (exact) mass is 289 g/mol. The molecule has 1 aromatic heterocycles. The highest BCUT2D eigenvalue weighted by Gasteiger charge is 2.20. The molecule has 0 bridgehead atoms. The van der Waals surface area contributed by atoms with Crippen molar-refractivity contribution < 1.29 is 13.5 Å². The summed E-state index contributed by atoms with van der Waals surface area (Å²) in [6, 6.07) is 0. The van der Waals surface area contributed by atoms with E-state index >= 15 is 0 Å². The van der Waals surface area contributed by atoms with Crippen LogP contribution in [0.4, 0.5) is 5.13 Å². The van der Waals surface area contributed by atoms with Crippen molar-refractivity contribution in [1.82, 2.24) is 9.71 Å². The first-order valence-electron chi connectivity index (χ1n) is 5.09. The van der Waals surface area contributed by atoms with E-state index in [9.17, 15) is 8.42 Å². The Morgan fingerprint density at radius 2 is 2.17 bits per heavy atom. The van der Waals surface area contributed by atoms with Crippen molar-refractivity contribution >= 4 is 26.7 Å². The van der Waals surface area contributed by atoms with Crippen molar-refractivity contribution in [1.29, 1.82) is 0 Å². The smallest absolute Gasteiger partial charge is 0.301 e. The van der Waals surface area contributed by atoms with Crippen LogP contribution in [0, 0.1) is 11.8 Å². The zero-order valence-electron chi connectivity index (χ0n) is 10.3. The number of anilines is 1. The molecule has 0 spiro atoms. The van der Waals surface area contributed by atoms with Crippen molar-refractivity contribution in [3.63, 3.8) is 0 Å². The third kappa shape index (κ3) is 5.46. The highest BCUT2D eigenvalue weighted by Crippen LogP contribution is 2.18. The summed E-state index contributed by atoms with van der Waals surface area (Å²) in [7, 11) is -3.65. The molecule has 0 saturated carbocycles. The molecule has 3 N–H and O–H groups in total. The van der Waals surface area contributed by atoms with E-state index in [1.165, 1.54) is 6.20 Å². The van der Waals surface area contributed by atoms with E-state index < -0.39 is 15.7 Å². The first-order chi connectivity index (χ1) is 8.22. The van der Waals surface area contributed by atoms with Gasteiger partial charge in [-0.25, -0.2) is 9.71 Å². The molecule has 0 aliphatic carbocycles. The summed E-state index contributed by atoms with van der Waals surface area (Å²) < 4.78 is 28.2. The van der Waals surface area contributed by atoms with Gasteiger partial charge in [-0.2, -0.15) is 13.1 Å². The molecule has 0 aliphatic heterocycles. The number of nitrogens with one attached hydrogen (secondary N) is 2. The Bertz CT molecular complexity index is 561. The molecule has 0 atom stereocenters. The number of rotatable bonds is 3. The third-order valence-electron chi connectivity index (χ3n) is 1.46. The van der Waals surface area contributed by atoms with Gasteiger partial charge in [0.15, 0.2) is 5.13 Å². The number of aromatic nitrogens is 1. The van der Waals surface area contributed by atoms with Gasteiger partial charge in [0.25, 0.3) is 0 Å². The average molecular weight is 289 g/mol. The Labute approximate surface area is 111 Å². The first kappa shape index (κ1) is 14.9. The molecule has 1 heterocycles. The Morgan fingerprint density at radius 3 is 2.72 bits per heavy atom. The molecule has 0 aromatic carbocycles. The molecule has 18 heavy (non-hydrogen) atoms. The van der Waals surface area contributed by atoms with Gasteiger partial charge in [0, 0.05) is 5.54 Å². The number of aliphatic hydroxyl groups is 1. The summed E-state index contributed by atoms with van der Waals surface area (Å²) in [6.07, 6.45) is 1.45. The molecule has 0 fully saturated rings. The zero-order chi connectivity index (χ0) is 13.8. The van der Waals surface area contributed by atoms with Crippen LogP contribution in [0.25, 0.3) is 0 Å². The molecule has 100 valence electrons. The molecule has 1 rings (SSSR count). The topological polar surface area (TPSA) is 91.3 Å². The quantitative estimate of drug-likeness (QED) is 0.708. The van der Waals surface area contributed by atoms with E-state index in [-0.39, 0.29) is 11.7 Å². The van der Waals surface area contributed by atoms with Gasteiger partial charge < -0.3 is 5.11 Å². The van der Waals surface area contributed by atoms with Crippen LogP contribution >= 0.6 is 11.3 Å². The van der Waals surface area contributed by atoms with Crippen molar-refractivity contribution in [2.45, 2.75) is 26.3 Å². The van der Waals surface area contributed by atoms with Gasteiger partial charge in [0.2, 0.25) is 0 Å². The zero-order valence-corrected chi connectivity index (χ0v) is 11.9. The van der Waals surface area contributed by atoms with Crippen LogP contribution in [0.5, 0.6) is 0 Å². The largest absolute Gasteiger partial charge is 0.384 e. The SMILES string of the molecule is CC(C)(C)NS(=O)(=O)Nc1ncc(C#CCO)s1. The molecule has 0 unspecified atom stereocenters. The lowest BCUT2D eigenvalue weighted by Crippen LogP contribution is -2.43. The molecular weight excluding hydrogens is 274 g/mol. The first-order valence-corrected chi connectivity index (χ1v) is 7.39. The highest BCUT2D eigenvalue weighted by atomic mass is 32.2. The lowest BCUT2D eigenvalue weighted by atomic mass is 10.1. The molecule has 8 heteroatoms. The van der Waals surface area contributed by atoms with Crippen molar-refractivity contribution in [2.75, 3.05) is 11.3 Å². The van der Waals surface area contributed by atoms with Crippen molar-refractivity contribution in [3.8, 4) is 11.8 Å². The lowest BCUT2D eigenvalue weighted by molar-refractivity contribution is 0.350. The molecule has 0 radical (unpaired) electrons. The van der Waals surface area contributed by atoms with Crippen LogP contribution in [0.3, 0.4) is 0 Å². The van der Waals surface area contributed by atoms with Crippen LogP contribution in [0.1, 0.15) is 25.6 Å². The van der Waals surface area contributed by atoms with Crippen molar-refractivity contribution in [3.05, 3.63) is 11.1 Å². The highest BCUT2D eigenvalue weighted by molar-refractivity contribution is 7.91. The second-order valence-corrected chi connectivity index (χ2v) is 6.89. The van der Waals surface area contributed by atoms with E-state index in [1.807, 2.05) is 0 Å². The number of nitrogens with zero attached hydrogens (tertiary/aromatic N) is 1. The maximum absolute atomic E-state index is 11.7. The predicted molar refractivity (Wildman–Crippen MR) is 71.5 cm³/mol. The van der Waals surface area contributed by atoms with Crippen molar-refractivity contribution in [2.24, 2.45) is 0 Å². The Balaban J connectivity index is 2.76. The van der Waals surface area contributed by atoms with Gasteiger partial charge in [-0.15, -0.1) is 0 Å². The second-order valence-electron chi connectivity index (χ2n) is 4.45. The molecule has 0 saturated heterocycles. The fraction of sp³-hybridized carbons (Fsp3) is 0.500. The van der Waals surface area contributed by atoms with E-state index in [0.717, 1.165) is 11.3 Å². The van der Waals surface area contributed by atoms with Gasteiger partial charge in [-0.05, 0) is 20.8 Å². The van der Waals surface area contributed by atoms with Gasteiger partial charge in [-0.3, -0.25) is 0 Å². The molecule has 1 aromatic rings. The van der Waals surface area contributed by atoms with Gasteiger partial charge in [0.1, 0.15) is 6.61 Å². The van der Waals surface area contributed by atoms with Crippen LogP contribution < -0.4 is 9.44 Å². The van der Waals surface area contributed by atoms with Gasteiger partial charge >= 0.3 is 10.2 Å². The minimum Gasteiger partial charge on any atom is -0.384 e. The normalized spacial score (nSPS) is 11.8. The van der Waals surface area contributed by atoms with E-state index in [1.54, 1.807) is 20.8 Å². The second kappa shape index (κ2) is 5.67. The molecule has 0 aliphatic rings. The summed E-state index contributed by atoms with van der Waals surface area (Å²) in [6.45, 7) is 4.98. The minimum atomic E-state index is -3.65. The fourth-order valence-corrected chi connectivity index (χ4v) is 3.23. The van der Waals surface area contributed by atoms with E-state index in [2.05, 4.69) is 26.3 Å². The maximum Gasteiger partial charge on any atom is 0.301 e. The average Bonchev–Trinajstić information content (AvgIpc) is 2.57. The standard InChI is InChI=1S/C10H15N3O3S2/c1-10(2,3)13-18(15,16)12-9-11-7-8(17-9)5-4-6-14/h7,13-14H,6H2,1-3H3,(H,11,12). The van der Waals surface area contributed by atoms with E-state index in [0.29, 0.717) is 4.88 Å². The lowest BCUT2D eigenvalue weighted by Gasteiger charge is -2.19. The van der Waals surface area contributed by atoms with Crippen LogP contribution in [0.15, 0.2) is 6.20 Å². The van der Waals surface area contributed by atoms with Gasteiger partial charge in [-0.1, -0.05) is 23.2 Å². The molecular formula is C10H15N3O3S2. The van der Waals surface area contributed by atoms with Crippen LogP contribution in [-0.4, -0.2) is 30.7 Å². The van der Waals surface area contributed by atoms with Gasteiger partial charge in [0.05, 0.1) is 11.1 Å². The molecule has 6 nitrogen and oxygen atoms in total. The summed E-state index contributed by atoms with van der Waals surface area (Å²) in [4.78, 5) is 4.47.